The number of benzene rings is 2. The molecule has 0 atom stereocenters. The van der Waals surface area contributed by atoms with Crippen LogP contribution in [0.5, 0.6) is 23.0 Å². The number of rotatable bonds is 3. The Hall–Kier alpha value is -2.40. The molecule has 98 valence electrons. The van der Waals surface area contributed by atoms with Crippen molar-refractivity contribution in [2.45, 2.75) is 0 Å². The van der Waals surface area contributed by atoms with Crippen molar-refractivity contribution < 1.29 is 19.3 Å². The first-order valence-corrected chi connectivity index (χ1v) is 5.80. The van der Waals surface area contributed by atoms with E-state index in [1.807, 2.05) is 12.1 Å². The lowest BCUT2D eigenvalue weighted by Crippen LogP contribution is -2.04. The molecule has 5 nitrogen and oxygen atoms in total. The van der Waals surface area contributed by atoms with Crippen LogP contribution in [-0.4, -0.2) is 19.0 Å². The number of nitrogens with one attached hydrogen (secondary N) is 1. The number of fused-ring (bicyclic) bond motifs is 2. The van der Waals surface area contributed by atoms with Crippen molar-refractivity contribution >= 4 is 11.4 Å². The number of phenols is 1. The summed E-state index contributed by atoms with van der Waals surface area (Å²) in [5.41, 5.74) is 1.67. The highest BCUT2D eigenvalue weighted by Crippen LogP contribution is 2.44. The van der Waals surface area contributed by atoms with Crippen LogP contribution in [-0.2, 0) is 4.74 Å². The van der Waals surface area contributed by atoms with Gasteiger partial charge in [0, 0.05) is 19.2 Å². The number of hydrogen-bond acceptors (Lipinski definition) is 5. The topological polar surface area (TPSA) is 60.0 Å². The van der Waals surface area contributed by atoms with Gasteiger partial charge in [0.25, 0.3) is 0 Å². The SMILES string of the molecule is COCOc1ccc2c(c1)Oc1cc(O)ccc1N2. The molecular formula is C14H13NO4. The maximum Gasteiger partial charge on any atom is 0.188 e. The predicted octanol–water partition coefficient (Wildman–Crippen LogP) is 3.22. The third-order valence-corrected chi connectivity index (χ3v) is 2.75. The van der Waals surface area contributed by atoms with Gasteiger partial charge in [0.1, 0.15) is 11.5 Å². The maximum atomic E-state index is 9.46. The molecule has 0 saturated carbocycles. The molecule has 0 spiro atoms. The lowest BCUT2D eigenvalue weighted by molar-refractivity contribution is 0.0510. The van der Waals surface area contributed by atoms with Gasteiger partial charge < -0.3 is 24.6 Å². The van der Waals surface area contributed by atoms with Crippen molar-refractivity contribution in [1.29, 1.82) is 0 Å². The van der Waals surface area contributed by atoms with Crippen molar-refractivity contribution in [3.63, 3.8) is 0 Å². The van der Waals surface area contributed by atoms with Crippen LogP contribution in [0.1, 0.15) is 0 Å². The van der Waals surface area contributed by atoms with Crippen molar-refractivity contribution in [3.05, 3.63) is 36.4 Å². The molecule has 2 aromatic carbocycles. The summed E-state index contributed by atoms with van der Waals surface area (Å²) in [5.74, 6) is 2.05. The van der Waals surface area contributed by atoms with Crippen LogP contribution in [0.15, 0.2) is 36.4 Å². The number of methoxy groups -OCH3 is 1. The van der Waals surface area contributed by atoms with Crippen LogP contribution < -0.4 is 14.8 Å². The van der Waals surface area contributed by atoms with Gasteiger partial charge in [-0.2, -0.15) is 0 Å². The first-order chi connectivity index (χ1) is 9.26. The Bertz CT molecular complexity index is 612. The number of aromatic hydroxyl groups is 1. The summed E-state index contributed by atoms with van der Waals surface area (Å²) in [6, 6.07) is 10.4. The molecule has 2 N–H and O–H groups in total. The van der Waals surface area contributed by atoms with E-state index in [4.69, 9.17) is 14.2 Å². The van der Waals surface area contributed by atoms with Crippen LogP contribution >= 0.6 is 0 Å². The van der Waals surface area contributed by atoms with Crippen molar-refractivity contribution in [1.82, 2.24) is 0 Å². The van der Waals surface area contributed by atoms with E-state index in [1.54, 1.807) is 31.4 Å². The Labute approximate surface area is 110 Å². The Morgan fingerprint density at radius 2 is 1.84 bits per heavy atom. The highest BCUT2D eigenvalue weighted by atomic mass is 16.7. The molecule has 0 fully saturated rings. The zero-order valence-electron chi connectivity index (χ0n) is 10.3. The molecule has 1 aliphatic rings. The quantitative estimate of drug-likeness (QED) is 0.558. The Balaban J connectivity index is 1.90. The largest absolute Gasteiger partial charge is 0.508 e. The summed E-state index contributed by atoms with van der Waals surface area (Å²) < 4.78 is 15.9. The minimum Gasteiger partial charge on any atom is -0.508 e. The van der Waals surface area contributed by atoms with Crippen molar-refractivity contribution in [2.75, 3.05) is 19.2 Å². The summed E-state index contributed by atoms with van der Waals surface area (Å²) in [5, 5.41) is 12.7. The fourth-order valence-corrected chi connectivity index (χ4v) is 1.87. The zero-order valence-corrected chi connectivity index (χ0v) is 10.3. The van der Waals surface area contributed by atoms with E-state index in [0.29, 0.717) is 17.2 Å². The Morgan fingerprint density at radius 1 is 1.11 bits per heavy atom. The van der Waals surface area contributed by atoms with Gasteiger partial charge in [0.15, 0.2) is 18.3 Å². The van der Waals surface area contributed by atoms with Crippen molar-refractivity contribution in [3.8, 4) is 23.0 Å². The predicted molar refractivity (Wildman–Crippen MR) is 70.4 cm³/mol. The summed E-state index contributed by atoms with van der Waals surface area (Å²) in [7, 11) is 1.56. The zero-order chi connectivity index (χ0) is 13.2. The highest BCUT2D eigenvalue weighted by molar-refractivity contribution is 5.76. The van der Waals surface area contributed by atoms with Crippen LogP contribution in [0.4, 0.5) is 11.4 Å². The smallest absolute Gasteiger partial charge is 0.188 e. The first kappa shape index (κ1) is 11.7. The maximum absolute atomic E-state index is 9.46. The average molecular weight is 259 g/mol. The molecule has 5 heteroatoms. The second-order valence-corrected chi connectivity index (χ2v) is 4.12. The van der Waals surface area contributed by atoms with Gasteiger partial charge in [-0.3, -0.25) is 0 Å². The molecule has 0 amide bonds. The van der Waals surface area contributed by atoms with Crippen LogP contribution in [0.3, 0.4) is 0 Å². The lowest BCUT2D eigenvalue weighted by Gasteiger charge is -2.22. The van der Waals surface area contributed by atoms with Gasteiger partial charge in [0.2, 0.25) is 0 Å². The van der Waals surface area contributed by atoms with Crippen LogP contribution in [0, 0.1) is 0 Å². The molecule has 0 radical (unpaired) electrons. The van der Waals surface area contributed by atoms with Crippen LogP contribution in [0.2, 0.25) is 0 Å². The molecule has 0 unspecified atom stereocenters. The van der Waals surface area contributed by atoms with E-state index in [0.717, 1.165) is 11.4 Å². The minimum atomic E-state index is 0.163. The molecule has 0 bridgehead atoms. The van der Waals surface area contributed by atoms with Gasteiger partial charge >= 0.3 is 0 Å². The van der Waals surface area contributed by atoms with E-state index in [9.17, 15) is 5.11 Å². The van der Waals surface area contributed by atoms with E-state index >= 15 is 0 Å². The molecule has 19 heavy (non-hydrogen) atoms. The normalized spacial score (nSPS) is 11.8. The molecule has 1 aliphatic heterocycles. The average Bonchev–Trinajstić information content (AvgIpc) is 2.42. The highest BCUT2D eigenvalue weighted by Gasteiger charge is 2.17. The fourth-order valence-electron chi connectivity index (χ4n) is 1.87. The molecule has 0 saturated heterocycles. The number of hydrogen-bond donors (Lipinski definition) is 2. The van der Waals surface area contributed by atoms with E-state index in [2.05, 4.69) is 5.32 Å². The second-order valence-electron chi connectivity index (χ2n) is 4.12. The third-order valence-electron chi connectivity index (χ3n) is 2.75. The summed E-state index contributed by atoms with van der Waals surface area (Å²) in [6.45, 7) is 0.184. The summed E-state index contributed by atoms with van der Waals surface area (Å²) in [6.07, 6.45) is 0. The Kier molecular flexibility index (Phi) is 2.89. The van der Waals surface area contributed by atoms with Gasteiger partial charge in [-0.15, -0.1) is 0 Å². The summed E-state index contributed by atoms with van der Waals surface area (Å²) >= 11 is 0. The standard InChI is InChI=1S/C14H13NO4/c1-17-8-18-10-3-5-12-14(7-10)19-13-6-9(16)2-4-11(13)15-12/h2-7,15-16H,8H2,1H3. The van der Waals surface area contributed by atoms with E-state index in [-0.39, 0.29) is 12.5 Å². The second kappa shape index (κ2) is 4.70. The molecule has 2 aromatic rings. The summed E-state index contributed by atoms with van der Waals surface area (Å²) in [4.78, 5) is 0. The molecule has 0 aliphatic carbocycles. The van der Waals surface area contributed by atoms with Crippen LogP contribution in [0.25, 0.3) is 0 Å². The first-order valence-electron chi connectivity index (χ1n) is 5.80. The van der Waals surface area contributed by atoms with Gasteiger partial charge in [-0.1, -0.05) is 0 Å². The fraction of sp³-hybridized carbons (Fsp3) is 0.143. The third kappa shape index (κ3) is 2.28. The van der Waals surface area contributed by atoms with Gasteiger partial charge in [0.05, 0.1) is 11.4 Å². The monoisotopic (exact) mass is 259 g/mol. The number of anilines is 2. The van der Waals surface area contributed by atoms with E-state index in [1.165, 1.54) is 0 Å². The molecule has 1 heterocycles. The minimum absolute atomic E-state index is 0.163. The van der Waals surface area contributed by atoms with Crippen molar-refractivity contribution in [2.24, 2.45) is 0 Å². The molecular weight excluding hydrogens is 246 g/mol. The lowest BCUT2D eigenvalue weighted by atomic mass is 10.2. The molecule has 3 rings (SSSR count). The van der Waals surface area contributed by atoms with E-state index < -0.39 is 0 Å². The number of ether oxygens (including phenoxy) is 3. The Morgan fingerprint density at radius 3 is 2.63 bits per heavy atom. The molecule has 0 aromatic heterocycles. The van der Waals surface area contributed by atoms with Gasteiger partial charge in [-0.05, 0) is 24.3 Å². The van der Waals surface area contributed by atoms with Gasteiger partial charge in [-0.25, -0.2) is 0 Å². The number of phenolic OH excluding ortho intramolecular Hbond substituents is 1.